The Kier molecular flexibility index (Phi) is 5.41. The lowest BCUT2D eigenvalue weighted by atomic mass is 10.3. The van der Waals surface area contributed by atoms with E-state index in [0.29, 0.717) is 0 Å². The van der Waals surface area contributed by atoms with Crippen molar-refractivity contribution >= 4 is 17.0 Å². The predicted molar refractivity (Wildman–Crippen MR) is 84.0 cm³/mol. The van der Waals surface area contributed by atoms with Crippen LogP contribution in [0.2, 0.25) is 0 Å². The molecule has 0 fully saturated rings. The highest BCUT2D eigenvalue weighted by Crippen LogP contribution is 2.11. The summed E-state index contributed by atoms with van der Waals surface area (Å²) in [5.41, 5.74) is 2.25. The van der Waals surface area contributed by atoms with E-state index in [0.717, 1.165) is 44.0 Å². The van der Waals surface area contributed by atoms with Crippen LogP contribution in [0.5, 0.6) is 0 Å². The number of imidazole rings is 1. The summed E-state index contributed by atoms with van der Waals surface area (Å²) in [5, 5.41) is 6.58. The smallest absolute Gasteiger partial charge is 0.190 e. The number of aliphatic imine (C=N–C) groups is 1. The number of para-hydroxylation sites is 2. The molecule has 0 atom stereocenters. The lowest BCUT2D eigenvalue weighted by Crippen LogP contribution is -2.38. The van der Waals surface area contributed by atoms with Crippen molar-refractivity contribution in [2.75, 3.05) is 20.1 Å². The molecule has 0 spiro atoms. The average molecular weight is 273 g/mol. The van der Waals surface area contributed by atoms with E-state index in [4.69, 9.17) is 0 Å². The van der Waals surface area contributed by atoms with Crippen molar-refractivity contribution in [2.45, 2.75) is 26.3 Å². The highest BCUT2D eigenvalue weighted by molar-refractivity contribution is 5.79. The minimum atomic E-state index is 0.877. The molecule has 0 aliphatic heterocycles. The number of rotatable bonds is 6. The largest absolute Gasteiger partial charge is 0.356 e. The molecule has 1 aromatic heterocycles. The fourth-order valence-corrected chi connectivity index (χ4v) is 2.11. The second-order valence-electron chi connectivity index (χ2n) is 4.71. The number of fused-ring (bicyclic) bond motifs is 1. The molecule has 0 unspecified atom stereocenters. The van der Waals surface area contributed by atoms with E-state index in [2.05, 4.69) is 44.2 Å². The van der Waals surface area contributed by atoms with E-state index in [9.17, 15) is 0 Å². The van der Waals surface area contributed by atoms with Crippen LogP contribution in [-0.4, -0.2) is 35.6 Å². The molecular formula is C15H23N5. The van der Waals surface area contributed by atoms with Crippen LogP contribution >= 0.6 is 0 Å². The van der Waals surface area contributed by atoms with Crippen molar-refractivity contribution in [1.29, 1.82) is 0 Å². The van der Waals surface area contributed by atoms with Gasteiger partial charge in [0.1, 0.15) is 0 Å². The number of guanidine groups is 1. The third-order valence-corrected chi connectivity index (χ3v) is 3.16. The number of aromatic nitrogens is 2. The van der Waals surface area contributed by atoms with Crippen molar-refractivity contribution in [1.82, 2.24) is 20.2 Å². The maximum atomic E-state index is 4.40. The number of nitrogens with zero attached hydrogens (tertiary/aromatic N) is 3. The Labute approximate surface area is 120 Å². The Morgan fingerprint density at radius 2 is 2.05 bits per heavy atom. The van der Waals surface area contributed by atoms with Crippen LogP contribution in [0.15, 0.2) is 35.6 Å². The first-order valence-corrected chi connectivity index (χ1v) is 7.19. The van der Waals surface area contributed by atoms with Gasteiger partial charge in [0.2, 0.25) is 0 Å². The Morgan fingerprint density at radius 1 is 1.25 bits per heavy atom. The van der Waals surface area contributed by atoms with Crippen LogP contribution in [0.4, 0.5) is 0 Å². The zero-order valence-electron chi connectivity index (χ0n) is 12.3. The van der Waals surface area contributed by atoms with E-state index >= 15 is 0 Å². The third-order valence-electron chi connectivity index (χ3n) is 3.16. The van der Waals surface area contributed by atoms with Crippen molar-refractivity contribution < 1.29 is 0 Å². The second-order valence-corrected chi connectivity index (χ2v) is 4.71. The van der Waals surface area contributed by atoms with Crippen LogP contribution in [-0.2, 0) is 6.54 Å². The second kappa shape index (κ2) is 7.53. The summed E-state index contributed by atoms with van der Waals surface area (Å²) >= 11 is 0. The first kappa shape index (κ1) is 14.4. The van der Waals surface area contributed by atoms with Crippen molar-refractivity contribution in [3.63, 3.8) is 0 Å². The third kappa shape index (κ3) is 3.73. The summed E-state index contributed by atoms with van der Waals surface area (Å²) in [6.07, 6.45) is 4.05. The molecule has 20 heavy (non-hydrogen) atoms. The molecule has 108 valence electrons. The van der Waals surface area contributed by atoms with Gasteiger partial charge in [-0.25, -0.2) is 4.98 Å². The van der Waals surface area contributed by atoms with Gasteiger partial charge in [0.05, 0.1) is 17.4 Å². The Balaban J connectivity index is 1.78. The Morgan fingerprint density at radius 3 is 2.85 bits per heavy atom. The normalized spacial score (nSPS) is 11.8. The first-order chi connectivity index (χ1) is 9.85. The van der Waals surface area contributed by atoms with Crippen LogP contribution in [0.25, 0.3) is 11.0 Å². The van der Waals surface area contributed by atoms with Crippen molar-refractivity contribution in [2.24, 2.45) is 4.99 Å². The predicted octanol–water partition coefficient (Wildman–Crippen LogP) is 2.00. The summed E-state index contributed by atoms with van der Waals surface area (Å²) in [6.45, 7) is 4.95. The average Bonchev–Trinajstić information content (AvgIpc) is 2.90. The van der Waals surface area contributed by atoms with Crippen LogP contribution in [0, 0.1) is 0 Å². The first-order valence-electron chi connectivity index (χ1n) is 7.19. The van der Waals surface area contributed by atoms with E-state index in [1.807, 2.05) is 18.5 Å². The van der Waals surface area contributed by atoms with Gasteiger partial charge in [-0.15, -0.1) is 0 Å². The molecular weight excluding hydrogens is 250 g/mol. The summed E-state index contributed by atoms with van der Waals surface area (Å²) in [7, 11) is 1.80. The summed E-state index contributed by atoms with van der Waals surface area (Å²) in [5.74, 6) is 0.877. The lowest BCUT2D eigenvalue weighted by Gasteiger charge is -2.11. The summed E-state index contributed by atoms with van der Waals surface area (Å²) in [6, 6.07) is 8.22. The molecule has 0 saturated carbocycles. The van der Waals surface area contributed by atoms with Crippen molar-refractivity contribution in [3.8, 4) is 0 Å². The fourth-order valence-electron chi connectivity index (χ4n) is 2.11. The fraction of sp³-hybridized carbons (Fsp3) is 0.467. The van der Waals surface area contributed by atoms with Crippen LogP contribution < -0.4 is 10.6 Å². The maximum absolute atomic E-state index is 4.40. The summed E-state index contributed by atoms with van der Waals surface area (Å²) < 4.78 is 2.19. The van der Waals surface area contributed by atoms with Gasteiger partial charge in [0.15, 0.2) is 5.96 Å². The minimum Gasteiger partial charge on any atom is -0.356 e. The number of hydrogen-bond acceptors (Lipinski definition) is 2. The number of benzene rings is 1. The van der Waals surface area contributed by atoms with E-state index in [1.54, 1.807) is 7.05 Å². The van der Waals surface area contributed by atoms with E-state index in [1.165, 1.54) is 5.52 Å². The number of nitrogens with one attached hydrogen (secondary N) is 2. The number of hydrogen-bond donors (Lipinski definition) is 2. The van der Waals surface area contributed by atoms with E-state index < -0.39 is 0 Å². The Bertz CT molecular complexity index is 558. The monoisotopic (exact) mass is 273 g/mol. The van der Waals surface area contributed by atoms with Crippen molar-refractivity contribution in [3.05, 3.63) is 30.6 Å². The van der Waals surface area contributed by atoms with Gasteiger partial charge in [-0.05, 0) is 25.0 Å². The molecule has 2 aromatic rings. The highest BCUT2D eigenvalue weighted by atomic mass is 15.2. The molecule has 2 rings (SSSR count). The lowest BCUT2D eigenvalue weighted by molar-refractivity contribution is 0.636. The quantitative estimate of drug-likeness (QED) is 0.481. The SMILES string of the molecule is CCCNC(=NC)NCCCn1cnc2ccccc21. The van der Waals surface area contributed by atoms with Gasteiger partial charge >= 0.3 is 0 Å². The molecule has 0 bridgehead atoms. The molecule has 0 amide bonds. The molecule has 0 aliphatic carbocycles. The molecule has 2 N–H and O–H groups in total. The molecule has 0 radical (unpaired) electrons. The van der Waals surface area contributed by atoms with Gasteiger partial charge in [-0.1, -0.05) is 19.1 Å². The molecule has 5 nitrogen and oxygen atoms in total. The molecule has 1 heterocycles. The zero-order valence-corrected chi connectivity index (χ0v) is 12.3. The highest BCUT2D eigenvalue weighted by Gasteiger charge is 2.01. The van der Waals surface area contributed by atoms with Gasteiger partial charge in [0.25, 0.3) is 0 Å². The van der Waals surface area contributed by atoms with Gasteiger partial charge in [-0.3, -0.25) is 4.99 Å². The molecule has 5 heteroatoms. The van der Waals surface area contributed by atoms with Gasteiger partial charge < -0.3 is 15.2 Å². The molecule has 0 saturated heterocycles. The molecule has 1 aromatic carbocycles. The van der Waals surface area contributed by atoms with Gasteiger partial charge in [-0.2, -0.15) is 0 Å². The van der Waals surface area contributed by atoms with Crippen LogP contribution in [0.3, 0.4) is 0 Å². The standard InChI is InChI=1S/C15H23N5/c1-3-9-17-15(16-2)18-10-6-11-20-12-19-13-7-4-5-8-14(13)20/h4-5,7-8,12H,3,6,9-11H2,1-2H3,(H2,16,17,18). The Hall–Kier alpha value is -2.04. The minimum absolute atomic E-state index is 0.877. The number of aryl methyl sites for hydroxylation is 1. The summed E-state index contributed by atoms with van der Waals surface area (Å²) in [4.78, 5) is 8.58. The molecule has 0 aliphatic rings. The van der Waals surface area contributed by atoms with E-state index in [-0.39, 0.29) is 0 Å². The van der Waals surface area contributed by atoms with Crippen LogP contribution in [0.1, 0.15) is 19.8 Å². The zero-order chi connectivity index (χ0) is 14.2. The maximum Gasteiger partial charge on any atom is 0.190 e. The topological polar surface area (TPSA) is 54.2 Å². The van der Waals surface area contributed by atoms with Gasteiger partial charge in [0, 0.05) is 26.7 Å².